The molecule has 0 bridgehead atoms. The minimum atomic E-state index is -3.85. The molecule has 0 spiro atoms. The molecule has 2 N–H and O–H groups in total. The Balaban J connectivity index is 1.56. The van der Waals surface area contributed by atoms with Crippen LogP contribution in [-0.2, 0) is 27.7 Å². The van der Waals surface area contributed by atoms with E-state index in [1.165, 1.54) is 19.2 Å². The zero-order valence-electron chi connectivity index (χ0n) is 17.7. The summed E-state index contributed by atoms with van der Waals surface area (Å²) in [5, 5.41) is 3.39. The van der Waals surface area contributed by atoms with Gasteiger partial charge in [0.2, 0.25) is 5.88 Å². The van der Waals surface area contributed by atoms with Gasteiger partial charge in [0.1, 0.15) is 11.9 Å². The SMILES string of the molecule is COc1nc2c(cc1NS(=O)(=O)c1ccc(C3CC(F)CCO3)cc1)CCC(C)NC2. The van der Waals surface area contributed by atoms with Gasteiger partial charge in [-0.2, -0.15) is 0 Å². The predicted molar refractivity (Wildman–Crippen MR) is 115 cm³/mol. The lowest BCUT2D eigenvalue weighted by molar-refractivity contribution is -0.0193. The molecule has 2 aliphatic rings. The van der Waals surface area contributed by atoms with Crippen molar-refractivity contribution >= 4 is 15.7 Å². The minimum Gasteiger partial charge on any atom is -0.479 e. The molecule has 0 aliphatic carbocycles. The summed E-state index contributed by atoms with van der Waals surface area (Å²) in [6.07, 6.45) is 1.20. The second-order valence-corrected chi connectivity index (χ2v) is 9.81. The first-order valence-corrected chi connectivity index (χ1v) is 12.0. The third kappa shape index (κ3) is 4.99. The lowest BCUT2D eigenvalue weighted by atomic mass is 10.0. The largest absolute Gasteiger partial charge is 0.479 e. The smallest absolute Gasteiger partial charge is 0.262 e. The van der Waals surface area contributed by atoms with Crippen LogP contribution in [0, 0.1) is 0 Å². The summed E-state index contributed by atoms with van der Waals surface area (Å²) in [7, 11) is -2.38. The van der Waals surface area contributed by atoms with Gasteiger partial charge in [0, 0.05) is 25.4 Å². The first kappa shape index (κ1) is 22.0. The molecule has 0 radical (unpaired) electrons. The molecule has 7 nitrogen and oxygen atoms in total. The van der Waals surface area contributed by atoms with E-state index in [1.54, 1.807) is 12.1 Å². The van der Waals surface area contributed by atoms with Gasteiger partial charge in [0.15, 0.2) is 0 Å². The molecule has 168 valence electrons. The Morgan fingerprint density at radius 2 is 2.03 bits per heavy atom. The van der Waals surface area contributed by atoms with Crippen LogP contribution < -0.4 is 14.8 Å². The van der Waals surface area contributed by atoms with Gasteiger partial charge in [0.05, 0.1) is 30.4 Å². The van der Waals surface area contributed by atoms with Gasteiger partial charge in [-0.1, -0.05) is 12.1 Å². The number of benzene rings is 1. The van der Waals surface area contributed by atoms with Gasteiger partial charge in [-0.25, -0.2) is 17.8 Å². The molecule has 2 aliphatic heterocycles. The van der Waals surface area contributed by atoms with Gasteiger partial charge in [0.25, 0.3) is 10.0 Å². The van der Waals surface area contributed by atoms with E-state index in [-0.39, 0.29) is 23.3 Å². The topological polar surface area (TPSA) is 89.5 Å². The molecule has 2 aromatic rings. The van der Waals surface area contributed by atoms with E-state index < -0.39 is 16.2 Å². The molecule has 1 saturated heterocycles. The van der Waals surface area contributed by atoms with Crippen molar-refractivity contribution in [2.45, 2.75) is 62.4 Å². The maximum Gasteiger partial charge on any atom is 0.262 e. The first-order chi connectivity index (χ1) is 14.9. The highest BCUT2D eigenvalue weighted by Gasteiger charge is 2.25. The fourth-order valence-corrected chi connectivity index (χ4v) is 5.02. The highest BCUT2D eigenvalue weighted by atomic mass is 32.2. The van der Waals surface area contributed by atoms with Crippen LogP contribution in [-0.4, -0.2) is 39.3 Å². The number of alkyl halides is 1. The van der Waals surface area contributed by atoms with E-state index in [4.69, 9.17) is 9.47 Å². The number of aromatic nitrogens is 1. The number of ether oxygens (including phenoxy) is 2. The molecule has 1 aromatic heterocycles. The van der Waals surface area contributed by atoms with Crippen molar-refractivity contribution in [2.75, 3.05) is 18.4 Å². The molecular weight excluding hydrogens is 421 g/mol. The summed E-state index contributed by atoms with van der Waals surface area (Å²) in [5.41, 5.74) is 2.95. The molecule has 0 saturated carbocycles. The van der Waals surface area contributed by atoms with Crippen molar-refractivity contribution in [2.24, 2.45) is 0 Å². The number of methoxy groups -OCH3 is 1. The lowest BCUT2D eigenvalue weighted by Crippen LogP contribution is -2.23. The van der Waals surface area contributed by atoms with E-state index in [0.29, 0.717) is 31.3 Å². The van der Waals surface area contributed by atoms with Crippen LogP contribution in [0.1, 0.15) is 49.1 Å². The maximum atomic E-state index is 13.7. The van der Waals surface area contributed by atoms with E-state index in [0.717, 1.165) is 29.7 Å². The average molecular weight is 450 g/mol. The van der Waals surface area contributed by atoms with E-state index >= 15 is 0 Å². The summed E-state index contributed by atoms with van der Waals surface area (Å²) in [5.74, 6) is 0.236. The molecule has 1 fully saturated rings. The molecule has 1 aromatic carbocycles. The Hall–Kier alpha value is -2.23. The Morgan fingerprint density at radius 1 is 1.26 bits per heavy atom. The minimum absolute atomic E-state index is 0.108. The molecule has 0 amide bonds. The van der Waals surface area contributed by atoms with Crippen LogP contribution in [0.15, 0.2) is 35.2 Å². The standard InChI is InChI=1S/C22H28FN3O4S/c1-14-3-4-16-11-19(22(29-2)25-20(16)13-24-14)26-31(27,28)18-7-5-15(6-8-18)21-12-17(23)9-10-30-21/h5-8,11,14,17,21,24,26H,3-4,9-10,12-13H2,1-2H3. The number of sulfonamides is 1. The van der Waals surface area contributed by atoms with Crippen LogP contribution in [0.4, 0.5) is 10.1 Å². The second-order valence-electron chi connectivity index (χ2n) is 8.13. The number of pyridine rings is 1. The van der Waals surface area contributed by atoms with Crippen LogP contribution in [0.5, 0.6) is 5.88 Å². The van der Waals surface area contributed by atoms with E-state index in [9.17, 15) is 12.8 Å². The van der Waals surface area contributed by atoms with E-state index in [2.05, 4.69) is 21.9 Å². The fraction of sp³-hybridized carbons (Fsp3) is 0.500. The van der Waals surface area contributed by atoms with Crippen molar-refractivity contribution in [1.82, 2.24) is 10.3 Å². The summed E-state index contributed by atoms with van der Waals surface area (Å²) in [6, 6.07) is 8.55. The number of hydrogen-bond acceptors (Lipinski definition) is 6. The van der Waals surface area contributed by atoms with Crippen molar-refractivity contribution in [3.8, 4) is 5.88 Å². The van der Waals surface area contributed by atoms with Gasteiger partial charge >= 0.3 is 0 Å². The van der Waals surface area contributed by atoms with Crippen molar-refractivity contribution in [3.63, 3.8) is 0 Å². The molecular formula is C22H28FN3O4S. The normalized spacial score (nSPS) is 24.2. The number of halogens is 1. The van der Waals surface area contributed by atoms with E-state index in [1.807, 2.05) is 6.07 Å². The number of nitrogens with zero attached hydrogens (tertiary/aromatic N) is 1. The summed E-state index contributed by atoms with van der Waals surface area (Å²) in [6.45, 7) is 3.10. The molecule has 3 unspecified atom stereocenters. The monoisotopic (exact) mass is 449 g/mol. The van der Waals surface area contributed by atoms with Crippen LogP contribution >= 0.6 is 0 Å². The summed E-state index contributed by atoms with van der Waals surface area (Å²) < 4.78 is 53.2. The zero-order valence-corrected chi connectivity index (χ0v) is 18.5. The number of rotatable bonds is 5. The lowest BCUT2D eigenvalue weighted by Gasteiger charge is -2.25. The Bertz CT molecular complexity index is 1030. The second kappa shape index (κ2) is 9.10. The number of anilines is 1. The van der Waals surface area contributed by atoms with Gasteiger partial charge in [-0.3, -0.25) is 4.72 Å². The quantitative estimate of drug-likeness (QED) is 0.726. The van der Waals surface area contributed by atoms with Gasteiger partial charge in [-0.15, -0.1) is 0 Å². The molecule has 4 rings (SSSR count). The number of fused-ring (bicyclic) bond motifs is 1. The third-order valence-electron chi connectivity index (χ3n) is 5.84. The summed E-state index contributed by atoms with van der Waals surface area (Å²) in [4.78, 5) is 4.63. The van der Waals surface area contributed by atoms with Crippen LogP contribution in [0.25, 0.3) is 0 Å². The summed E-state index contributed by atoms with van der Waals surface area (Å²) >= 11 is 0. The Kier molecular flexibility index (Phi) is 6.45. The highest BCUT2D eigenvalue weighted by Crippen LogP contribution is 2.32. The van der Waals surface area contributed by atoms with Crippen molar-refractivity contribution in [3.05, 3.63) is 47.2 Å². The molecule has 9 heteroatoms. The Labute approximate surface area is 182 Å². The van der Waals surface area contributed by atoms with Crippen molar-refractivity contribution in [1.29, 1.82) is 0 Å². The van der Waals surface area contributed by atoms with Crippen LogP contribution in [0.2, 0.25) is 0 Å². The molecule has 3 atom stereocenters. The van der Waals surface area contributed by atoms with Crippen molar-refractivity contribution < 1.29 is 22.3 Å². The maximum absolute atomic E-state index is 13.7. The predicted octanol–water partition coefficient (Wildman–Crippen LogP) is 3.50. The number of hydrogen-bond donors (Lipinski definition) is 2. The van der Waals surface area contributed by atoms with Crippen LogP contribution in [0.3, 0.4) is 0 Å². The van der Waals surface area contributed by atoms with Gasteiger partial charge < -0.3 is 14.8 Å². The fourth-order valence-electron chi connectivity index (χ4n) is 3.97. The third-order valence-corrected chi connectivity index (χ3v) is 7.22. The number of aryl methyl sites for hydroxylation is 1. The molecule has 3 heterocycles. The van der Waals surface area contributed by atoms with Gasteiger partial charge in [-0.05, 0) is 49.1 Å². The highest BCUT2D eigenvalue weighted by molar-refractivity contribution is 7.92. The first-order valence-electron chi connectivity index (χ1n) is 10.5. The Morgan fingerprint density at radius 3 is 2.74 bits per heavy atom. The number of nitrogens with one attached hydrogen (secondary N) is 2. The molecule has 31 heavy (non-hydrogen) atoms. The average Bonchev–Trinajstić information content (AvgIpc) is 2.94. The zero-order chi connectivity index (χ0) is 22.0.